The Morgan fingerprint density at radius 2 is 2.29 bits per heavy atom. The second kappa shape index (κ2) is 6.00. The van der Waals surface area contributed by atoms with Crippen molar-refractivity contribution in [2.75, 3.05) is 18.0 Å². The normalized spacial score (nSPS) is 11.6. The first kappa shape index (κ1) is 13.2. The lowest BCUT2D eigenvalue weighted by atomic mass is 10.1. The zero-order valence-corrected chi connectivity index (χ0v) is 9.98. The molecular formula is C13H15FN2O. The maximum atomic E-state index is 13.7. The van der Waals surface area contributed by atoms with Crippen LogP contribution in [0, 0.1) is 23.1 Å². The Morgan fingerprint density at radius 1 is 1.59 bits per heavy atom. The number of hydrogen-bond acceptors (Lipinski definition) is 3. The number of aldehydes is 1. The molecular weight excluding hydrogens is 219 g/mol. The summed E-state index contributed by atoms with van der Waals surface area (Å²) in [5.41, 5.74) is 0.601. The molecule has 0 heterocycles. The Bertz CT molecular complexity index is 440. The van der Waals surface area contributed by atoms with Gasteiger partial charge < -0.3 is 4.90 Å². The Hall–Kier alpha value is -1.89. The zero-order valence-electron chi connectivity index (χ0n) is 9.98. The number of rotatable bonds is 5. The van der Waals surface area contributed by atoms with E-state index in [9.17, 15) is 9.18 Å². The van der Waals surface area contributed by atoms with E-state index in [-0.39, 0.29) is 11.6 Å². The van der Waals surface area contributed by atoms with Gasteiger partial charge in [-0.25, -0.2) is 4.39 Å². The van der Waals surface area contributed by atoms with Crippen LogP contribution in [0.15, 0.2) is 18.2 Å². The molecule has 1 aromatic carbocycles. The maximum Gasteiger partial charge on any atom is 0.152 e. The van der Waals surface area contributed by atoms with Crippen molar-refractivity contribution in [2.24, 2.45) is 5.92 Å². The minimum absolute atomic E-state index is 0.214. The highest BCUT2D eigenvalue weighted by molar-refractivity contribution is 5.84. The molecule has 90 valence electrons. The SMILES string of the molecule is CCN(CC(C)C#N)c1c(F)cccc1C=O. The molecule has 1 unspecified atom stereocenters. The van der Waals surface area contributed by atoms with E-state index >= 15 is 0 Å². The number of benzene rings is 1. The fourth-order valence-corrected chi connectivity index (χ4v) is 1.71. The predicted octanol–water partition coefficient (Wildman–Crippen LogP) is 2.62. The van der Waals surface area contributed by atoms with Crippen molar-refractivity contribution < 1.29 is 9.18 Å². The van der Waals surface area contributed by atoms with Crippen LogP contribution < -0.4 is 4.90 Å². The minimum atomic E-state index is -0.429. The molecule has 0 N–H and O–H groups in total. The van der Waals surface area contributed by atoms with Gasteiger partial charge in [0.15, 0.2) is 6.29 Å². The number of nitriles is 1. The molecule has 0 bridgehead atoms. The van der Waals surface area contributed by atoms with Crippen molar-refractivity contribution >= 4 is 12.0 Å². The molecule has 0 aliphatic rings. The van der Waals surface area contributed by atoms with Gasteiger partial charge in [0, 0.05) is 18.7 Å². The molecule has 1 rings (SSSR count). The first-order chi connectivity index (χ1) is 8.13. The van der Waals surface area contributed by atoms with Crippen LogP contribution in [0.3, 0.4) is 0 Å². The highest BCUT2D eigenvalue weighted by Gasteiger charge is 2.16. The summed E-state index contributed by atoms with van der Waals surface area (Å²) in [5, 5.41) is 8.78. The van der Waals surface area contributed by atoms with E-state index < -0.39 is 5.82 Å². The van der Waals surface area contributed by atoms with Gasteiger partial charge in [-0.2, -0.15) is 5.26 Å². The standard InChI is InChI=1S/C13H15FN2O/c1-3-16(8-10(2)7-15)13-11(9-17)5-4-6-12(13)14/h4-6,9-10H,3,8H2,1-2H3. The Morgan fingerprint density at radius 3 is 2.82 bits per heavy atom. The number of nitrogens with zero attached hydrogens (tertiary/aromatic N) is 2. The molecule has 0 saturated carbocycles. The van der Waals surface area contributed by atoms with Crippen molar-refractivity contribution in [3.8, 4) is 6.07 Å². The van der Waals surface area contributed by atoms with Crippen molar-refractivity contribution in [3.63, 3.8) is 0 Å². The van der Waals surface area contributed by atoms with E-state index in [0.29, 0.717) is 24.9 Å². The van der Waals surface area contributed by atoms with Gasteiger partial charge >= 0.3 is 0 Å². The molecule has 0 saturated heterocycles. The minimum Gasteiger partial charge on any atom is -0.368 e. The molecule has 0 amide bonds. The summed E-state index contributed by atoms with van der Waals surface area (Å²) in [5.74, 6) is -0.643. The van der Waals surface area contributed by atoms with Crippen LogP contribution in [0.2, 0.25) is 0 Å². The first-order valence-electron chi connectivity index (χ1n) is 5.52. The molecule has 0 radical (unpaired) electrons. The average Bonchev–Trinajstić information content (AvgIpc) is 2.35. The fraction of sp³-hybridized carbons (Fsp3) is 0.385. The van der Waals surface area contributed by atoms with E-state index in [1.165, 1.54) is 12.1 Å². The summed E-state index contributed by atoms with van der Waals surface area (Å²) in [6.45, 7) is 4.60. The van der Waals surface area contributed by atoms with Gasteiger partial charge in [-0.1, -0.05) is 6.07 Å². The second-order valence-corrected chi connectivity index (χ2v) is 3.86. The number of hydrogen-bond donors (Lipinski definition) is 0. The summed E-state index contributed by atoms with van der Waals surface area (Å²) in [6.07, 6.45) is 0.637. The lowest BCUT2D eigenvalue weighted by Gasteiger charge is -2.25. The third-order valence-corrected chi connectivity index (χ3v) is 2.56. The van der Waals surface area contributed by atoms with E-state index in [4.69, 9.17) is 5.26 Å². The number of anilines is 1. The van der Waals surface area contributed by atoms with Gasteiger partial charge in [-0.3, -0.25) is 4.79 Å². The summed E-state index contributed by atoms with van der Waals surface area (Å²) in [7, 11) is 0. The third-order valence-electron chi connectivity index (χ3n) is 2.56. The maximum absolute atomic E-state index is 13.7. The smallest absolute Gasteiger partial charge is 0.152 e. The molecule has 0 aromatic heterocycles. The molecule has 0 fully saturated rings. The van der Waals surface area contributed by atoms with Gasteiger partial charge in [-0.05, 0) is 26.0 Å². The largest absolute Gasteiger partial charge is 0.368 e. The predicted molar refractivity (Wildman–Crippen MR) is 64.5 cm³/mol. The number of carbonyl (C=O) groups excluding carboxylic acids is 1. The van der Waals surface area contributed by atoms with Crippen LogP contribution in [0.25, 0.3) is 0 Å². The van der Waals surface area contributed by atoms with Crippen LogP contribution in [0.1, 0.15) is 24.2 Å². The van der Waals surface area contributed by atoms with E-state index in [1.54, 1.807) is 17.9 Å². The average molecular weight is 234 g/mol. The van der Waals surface area contributed by atoms with E-state index in [0.717, 1.165) is 0 Å². The van der Waals surface area contributed by atoms with Gasteiger partial charge in [0.05, 0.1) is 17.7 Å². The molecule has 3 nitrogen and oxygen atoms in total. The first-order valence-corrected chi connectivity index (χ1v) is 5.52. The quantitative estimate of drug-likeness (QED) is 0.735. The third kappa shape index (κ3) is 3.04. The lowest BCUT2D eigenvalue weighted by Crippen LogP contribution is -2.29. The second-order valence-electron chi connectivity index (χ2n) is 3.86. The van der Waals surface area contributed by atoms with Crippen molar-refractivity contribution in [1.29, 1.82) is 5.26 Å². The summed E-state index contributed by atoms with van der Waals surface area (Å²) in [6, 6.07) is 6.50. The van der Waals surface area contributed by atoms with Crippen molar-refractivity contribution in [2.45, 2.75) is 13.8 Å². The van der Waals surface area contributed by atoms with E-state index in [1.807, 2.05) is 6.92 Å². The molecule has 0 spiro atoms. The molecule has 0 aliphatic heterocycles. The van der Waals surface area contributed by atoms with Crippen LogP contribution in [0.5, 0.6) is 0 Å². The number of halogens is 1. The summed E-state index contributed by atoms with van der Waals surface area (Å²) in [4.78, 5) is 12.6. The van der Waals surface area contributed by atoms with Crippen molar-refractivity contribution in [1.82, 2.24) is 0 Å². The van der Waals surface area contributed by atoms with Gasteiger partial charge in [0.2, 0.25) is 0 Å². The van der Waals surface area contributed by atoms with Crippen LogP contribution in [0.4, 0.5) is 10.1 Å². The number of para-hydroxylation sites is 1. The molecule has 1 aromatic rings. The topological polar surface area (TPSA) is 44.1 Å². The van der Waals surface area contributed by atoms with Crippen molar-refractivity contribution in [3.05, 3.63) is 29.6 Å². The summed E-state index contributed by atoms with van der Waals surface area (Å²) < 4.78 is 13.7. The Labute approximate surface area is 100 Å². The van der Waals surface area contributed by atoms with Crippen LogP contribution >= 0.6 is 0 Å². The van der Waals surface area contributed by atoms with Crippen LogP contribution in [-0.2, 0) is 0 Å². The van der Waals surface area contributed by atoms with E-state index in [2.05, 4.69) is 6.07 Å². The zero-order chi connectivity index (χ0) is 12.8. The molecule has 4 heteroatoms. The lowest BCUT2D eigenvalue weighted by molar-refractivity contribution is 0.112. The van der Waals surface area contributed by atoms with Gasteiger partial charge in [0.25, 0.3) is 0 Å². The molecule has 17 heavy (non-hydrogen) atoms. The van der Waals surface area contributed by atoms with Gasteiger partial charge in [-0.15, -0.1) is 0 Å². The molecule has 1 atom stereocenters. The number of carbonyl (C=O) groups is 1. The Kier molecular flexibility index (Phi) is 4.65. The van der Waals surface area contributed by atoms with Gasteiger partial charge in [0.1, 0.15) is 5.82 Å². The van der Waals surface area contributed by atoms with Crippen LogP contribution in [-0.4, -0.2) is 19.4 Å². The Balaban J connectivity index is 3.11. The fourth-order valence-electron chi connectivity index (χ4n) is 1.71. The summed E-state index contributed by atoms with van der Waals surface area (Å²) >= 11 is 0. The highest BCUT2D eigenvalue weighted by atomic mass is 19.1. The highest BCUT2D eigenvalue weighted by Crippen LogP contribution is 2.23. The monoisotopic (exact) mass is 234 g/mol. The molecule has 0 aliphatic carbocycles.